The fourth-order valence-electron chi connectivity index (χ4n) is 6.83. The highest BCUT2D eigenvalue weighted by Crippen LogP contribution is 2.68. The quantitative estimate of drug-likeness (QED) is 0.350. The number of phenolic OH excluding ortho intramolecular Hbond substituents is 1. The van der Waals surface area contributed by atoms with Crippen LogP contribution in [0, 0.1) is 17.7 Å². The van der Waals surface area contributed by atoms with Gasteiger partial charge in [0.1, 0.15) is 28.7 Å². The molecule has 1 fully saturated rings. The van der Waals surface area contributed by atoms with Gasteiger partial charge < -0.3 is 35.8 Å². The van der Waals surface area contributed by atoms with Gasteiger partial charge in [0.05, 0.1) is 11.6 Å². The number of Topliss-reactive ketones (excluding diaryl/α,β-unsaturated/α-hetero) is 1. The van der Waals surface area contributed by atoms with Crippen LogP contribution in [0.15, 0.2) is 28.7 Å². The molecule has 5 atom stereocenters. The monoisotopic (exact) mass is 517 g/mol. The van der Waals surface area contributed by atoms with Crippen LogP contribution in [0.2, 0.25) is 0 Å². The number of phenols is 1. The molecule has 1 unspecified atom stereocenters. The second-order valence-electron chi connectivity index (χ2n) is 10.8. The smallest absolute Gasteiger partial charge is 0.253 e. The Morgan fingerprint density at radius 3 is 2.54 bits per heavy atom. The van der Waals surface area contributed by atoms with Crippen molar-refractivity contribution in [2.24, 2.45) is 17.6 Å². The van der Waals surface area contributed by atoms with Crippen molar-refractivity contribution in [1.82, 2.24) is 9.80 Å². The van der Waals surface area contributed by atoms with E-state index in [0.717, 1.165) is 13.0 Å². The second kappa shape index (κ2) is 8.26. The lowest BCUT2D eigenvalue weighted by molar-refractivity contribution is -0.117. The van der Waals surface area contributed by atoms with Crippen LogP contribution in [0.25, 0.3) is 0 Å². The molecule has 10 nitrogen and oxygen atoms in total. The van der Waals surface area contributed by atoms with Crippen LogP contribution in [0.1, 0.15) is 41.3 Å². The van der Waals surface area contributed by atoms with Crippen molar-refractivity contribution in [3.05, 3.63) is 51.2 Å². The number of allylic oxidation sites excluding steroid dienone is 1. The third-order valence-electron chi connectivity index (χ3n) is 8.29. The van der Waals surface area contributed by atoms with E-state index in [1.165, 1.54) is 6.07 Å². The summed E-state index contributed by atoms with van der Waals surface area (Å²) in [7, 11) is 5.13. The van der Waals surface area contributed by atoms with E-state index in [1.807, 2.05) is 18.9 Å². The van der Waals surface area contributed by atoms with Gasteiger partial charge in [0.2, 0.25) is 5.79 Å². The lowest BCUT2D eigenvalue weighted by Gasteiger charge is -2.45. The SMILES string of the molecule is CCCN(C)Cc1cc(O)c2c(c1F)C[C@H]1C[C@H]3[C@H](N(C)C)C(O)=C(C(N)=O)C4(O)O[C@]34C(O)=C1C2=O. The minimum Gasteiger partial charge on any atom is -0.510 e. The summed E-state index contributed by atoms with van der Waals surface area (Å²) >= 11 is 0. The van der Waals surface area contributed by atoms with E-state index in [0.29, 0.717) is 0 Å². The fraction of sp³-hybridized carbons (Fsp3) is 0.538. The summed E-state index contributed by atoms with van der Waals surface area (Å²) in [5, 5.41) is 44.4. The van der Waals surface area contributed by atoms with Gasteiger partial charge in [-0.2, -0.15) is 0 Å². The normalized spacial score (nSPS) is 32.3. The molecule has 3 aliphatic carbocycles. The van der Waals surface area contributed by atoms with Gasteiger partial charge >= 0.3 is 0 Å². The number of aromatic hydroxyl groups is 1. The zero-order chi connectivity index (χ0) is 27.2. The Balaban J connectivity index is 1.65. The summed E-state index contributed by atoms with van der Waals surface area (Å²) in [6.45, 7) is 2.97. The number of hydrogen-bond acceptors (Lipinski definition) is 9. The molecule has 1 aromatic rings. The third kappa shape index (κ3) is 3.24. The molecule has 1 amide bonds. The van der Waals surface area contributed by atoms with Crippen LogP contribution < -0.4 is 5.73 Å². The van der Waals surface area contributed by atoms with E-state index in [1.54, 1.807) is 19.0 Å². The number of aliphatic hydroxyl groups is 3. The summed E-state index contributed by atoms with van der Waals surface area (Å²) in [6.07, 6.45) is 1.02. The number of carbonyl (C=O) groups is 2. The minimum atomic E-state index is -2.41. The highest BCUT2D eigenvalue weighted by atomic mass is 19.1. The zero-order valence-electron chi connectivity index (χ0n) is 21.2. The van der Waals surface area contributed by atoms with Crippen LogP contribution in [-0.2, 0) is 22.5 Å². The first-order valence-electron chi connectivity index (χ1n) is 12.3. The lowest BCUT2D eigenvalue weighted by Crippen LogP contribution is -2.57. The highest BCUT2D eigenvalue weighted by molar-refractivity contribution is 6.13. The number of fused-ring (bicyclic) bond motifs is 2. The van der Waals surface area contributed by atoms with Gasteiger partial charge in [-0.3, -0.25) is 14.5 Å². The van der Waals surface area contributed by atoms with Gasteiger partial charge in [0.25, 0.3) is 5.91 Å². The molecule has 1 spiro atoms. The van der Waals surface area contributed by atoms with E-state index in [9.17, 15) is 30.0 Å². The lowest BCUT2D eigenvalue weighted by atomic mass is 9.60. The first-order valence-corrected chi connectivity index (χ1v) is 12.3. The van der Waals surface area contributed by atoms with Crippen LogP contribution in [0.5, 0.6) is 5.75 Å². The number of ketones is 1. The standard InChI is InChI=1S/C26H32FN3O7/c1-5-6-30(4)10-12-9-15(31)17-13(19(12)27)7-11-8-14-20(29(2)3)22(33)18(24(28)35)26(36)25(14,37-26)23(34)16(11)21(17)32/h9,11,14,20,31,33-34,36H,5-8,10H2,1-4H3,(H2,28,35)/t11-,14-,20-,25-,26?/m0/s1. The number of hydrogen-bond donors (Lipinski definition) is 5. The van der Waals surface area contributed by atoms with E-state index in [2.05, 4.69) is 0 Å². The Kier molecular flexibility index (Phi) is 5.72. The average Bonchev–Trinajstić information content (AvgIpc) is 3.42. The summed E-state index contributed by atoms with van der Waals surface area (Å²) in [5.74, 6) is -7.78. The van der Waals surface area contributed by atoms with E-state index < -0.39 is 69.6 Å². The number of primary amides is 1. The molecular weight excluding hydrogens is 485 g/mol. The molecule has 6 N–H and O–H groups in total. The summed E-state index contributed by atoms with van der Waals surface area (Å²) in [6, 6.07) is 0.358. The first-order chi connectivity index (χ1) is 17.3. The fourth-order valence-corrected chi connectivity index (χ4v) is 6.83. The van der Waals surface area contributed by atoms with Crippen molar-refractivity contribution in [1.29, 1.82) is 0 Å². The number of rotatable bonds is 6. The van der Waals surface area contributed by atoms with Gasteiger partial charge in [0, 0.05) is 29.2 Å². The molecular formula is C26H32FN3O7. The topological polar surface area (TPSA) is 160 Å². The van der Waals surface area contributed by atoms with Crippen LogP contribution in [0.3, 0.4) is 0 Å². The van der Waals surface area contributed by atoms with Crippen LogP contribution in [0.4, 0.5) is 4.39 Å². The molecule has 0 saturated carbocycles. The van der Waals surface area contributed by atoms with E-state index >= 15 is 4.39 Å². The van der Waals surface area contributed by atoms with Crippen molar-refractivity contribution >= 4 is 11.7 Å². The molecule has 5 rings (SSSR count). The predicted molar refractivity (Wildman–Crippen MR) is 129 cm³/mol. The third-order valence-corrected chi connectivity index (χ3v) is 8.29. The van der Waals surface area contributed by atoms with Crippen molar-refractivity contribution in [2.45, 2.75) is 50.2 Å². The first kappa shape index (κ1) is 25.7. The maximum atomic E-state index is 15.7. The van der Waals surface area contributed by atoms with Gasteiger partial charge in [0.15, 0.2) is 11.4 Å². The second-order valence-corrected chi connectivity index (χ2v) is 10.8. The molecule has 0 radical (unpaired) electrons. The largest absolute Gasteiger partial charge is 0.510 e. The number of epoxide rings is 1. The highest BCUT2D eigenvalue weighted by Gasteiger charge is 2.84. The molecule has 37 heavy (non-hydrogen) atoms. The van der Waals surface area contributed by atoms with Crippen LogP contribution in [-0.4, -0.2) is 87.0 Å². The zero-order valence-corrected chi connectivity index (χ0v) is 21.2. The maximum absolute atomic E-state index is 15.7. The number of amides is 1. The Hall–Kier alpha value is -2.99. The molecule has 11 heteroatoms. The molecule has 1 aromatic carbocycles. The number of benzene rings is 1. The number of carbonyl (C=O) groups excluding carboxylic acids is 2. The molecule has 200 valence electrons. The Morgan fingerprint density at radius 1 is 1.27 bits per heavy atom. The number of likely N-dealkylation sites (N-methyl/N-ethyl adjacent to an activating group) is 1. The van der Waals surface area contributed by atoms with E-state index in [4.69, 9.17) is 10.5 Å². The van der Waals surface area contributed by atoms with Gasteiger partial charge in [-0.25, -0.2) is 4.39 Å². The average molecular weight is 518 g/mol. The number of aliphatic hydroxyl groups excluding tert-OH is 2. The maximum Gasteiger partial charge on any atom is 0.253 e. The minimum absolute atomic E-state index is 0.0174. The summed E-state index contributed by atoms with van der Waals surface area (Å²) in [5.41, 5.74) is 3.00. The summed E-state index contributed by atoms with van der Waals surface area (Å²) in [4.78, 5) is 29.4. The van der Waals surface area contributed by atoms with E-state index in [-0.39, 0.29) is 41.6 Å². The Bertz CT molecular complexity index is 1290. The number of nitrogens with two attached hydrogens (primary N) is 1. The molecule has 4 aliphatic rings. The van der Waals surface area contributed by atoms with Crippen molar-refractivity contribution in [2.75, 3.05) is 27.7 Å². The molecule has 0 bridgehead atoms. The number of nitrogens with zero attached hydrogens (tertiary/aromatic N) is 2. The molecule has 0 aromatic heterocycles. The van der Waals surface area contributed by atoms with Gasteiger partial charge in [-0.15, -0.1) is 0 Å². The van der Waals surface area contributed by atoms with Crippen molar-refractivity contribution in [3.63, 3.8) is 0 Å². The van der Waals surface area contributed by atoms with Gasteiger partial charge in [-0.1, -0.05) is 6.92 Å². The molecule has 1 heterocycles. The molecule has 1 saturated heterocycles. The number of ether oxygens (including phenoxy) is 1. The van der Waals surface area contributed by atoms with Crippen molar-refractivity contribution in [3.8, 4) is 5.75 Å². The number of halogens is 1. The Morgan fingerprint density at radius 2 is 1.95 bits per heavy atom. The van der Waals surface area contributed by atoms with Gasteiger partial charge in [-0.05, 0) is 58.9 Å². The predicted octanol–water partition coefficient (Wildman–Crippen LogP) is 1.26. The Labute approximate surface area is 213 Å². The van der Waals surface area contributed by atoms with Crippen molar-refractivity contribution < 1.29 is 39.1 Å². The van der Waals surface area contributed by atoms with Crippen LogP contribution >= 0.6 is 0 Å². The molecule has 1 aliphatic heterocycles. The summed E-state index contributed by atoms with van der Waals surface area (Å²) < 4.78 is 21.3.